The molecule has 0 radical (unpaired) electrons. The van der Waals surface area contributed by atoms with Crippen LogP contribution in [0.4, 0.5) is 5.13 Å². The second-order valence-corrected chi connectivity index (χ2v) is 14.1. The van der Waals surface area contributed by atoms with Crippen LogP contribution < -0.4 is 11.1 Å². The van der Waals surface area contributed by atoms with Gasteiger partial charge in [0.05, 0.1) is 5.41 Å². The predicted molar refractivity (Wildman–Crippen MR) is 189 cm³/mol. The SMILES string of the molecule is C=CC1=C(C(=O)OCOC(=O)C(C)(C)C)N2C(=O)C(NC(=O)/C(=N\OCC(=O)OC(c3ccccc3)c3ccccc3)c3csc(N)n3)[C@H]2SC1. The number of fused-ring (bicyclic) bond motifs is 1. The van der Waals surface area contributed by atoms with Crippen molar-refractivity contribution in [3.8, 4) is 0 Å². The van der Waals surface area contributed by atoms with Gasteiger partial charge in [0.25, 0.3) is 11.8 Å². The first-order valence-corrected chi connectivity index (χ1v) is 17.5. The fourth-order valence-corrected chi connectivity index (χ4v) is 6.81. The topological polar surface area (TPSA) is 189 Å². The van der Waals surface area contributed by atoms with Gasteiger partial charge in [-0.2, -0.15) is 0 Å². The summed E-state index contributed by atoms with van der Waals surface area (Å²) in [6, 6.07) is 17.3. The van der Waals surface area contributed by atoms with Crippen molar-refractivity contribution in [1.82, 2.24) is 15.2 Å². The van der Waals surface area contributed by atoms with E-state index in [0.29, 0.717) is 5.57 Å². The molecule has 3 N–H and O–H groups in total. The van der Waals surface area contributed by atoms with Crippen LogP contribution in [0, 0.1) is 5.41 Å². The summed E-state index contributed by atoms with van der Waals surface area (Å²) in [5.74, 6) is -3.38. The second kappa shape index (κ2) is 16.0. The second-order valence-electron chi connectivity index (χ2n) is 12.1. The summed E-state index contributed by atoms with van der Waals surface area (Å²) in [5.41, 5.74) is 6.57. The maximum atomic E-state index is 13.6. The molecule has 2 aliphatic rings. The van der Waals surface area contributed by atoms with Gasteiger partial charge >= 0.3 is 17.9 Å². The van der Waals surface area contributed by atoms with Gasteiger partial charge in [-0.05, 0) is 37.5 Å². The molecule has 2 amide bonds. The van der Waals surface area contributed by atoms with Crippen molar-refractivity contribution in [3.05, 3.63) is 107 Å². The fraction of sp³-hybridized carbons (Fsp3) is 0.286. The lowest BCUT2D eigenvalue weighted by Gasteiger charge is -2.49. The van der Waals surface area contributed by atoms with E-state index in [4.69, 9.17) is 24.8 Å². The van der Waals surface area contributed by atoms with Gasteiger partial charge in [-0.25, -0.2) is 14.6 Å². The molecular formula is C35H35N5O9S2. The van der Waals surface area contributed by atoms with Crippen LogP contribution in [-0.2, 0) is 43.0 Å². The largest absolute Gasteiger partial charge is 0.450 e. The van der Waals surface area contributed by atoms with Crippen molar-refractivity contribution in [2.75, 3.05) is 24.9 Å². The molecule has 266 valence electrons. The predicted octanol–water partition coefficient (Wildman–Crippen LogP) is 3.71. The number of hydrogen-bond donors (Lipinski definition) is 2. The Kier molecular flexibility index (Phi) is 11.6. The van der Waals surface area contributed by atoms with E-state index in [2.05, 4.69) is 22.0 Å². The number of nitrogen functional groups attached to an aromatic ring is 1. The van der Waals surface area contributed by atoms with Crippen LogP contribution in [0.25, 0.3) is 0 Å². The molecule has 0 saturated carbocycles. The highest BCUT2D eigenvalue weighted by Crippen LogP contribution is 2.41. The molecule has 2 aliphatic heterocycles. The van der Waals surface area contributed by atoms with E-state index in [1.807, 2.05) is 60.7 Å². The van der Waals surface area contributed by atoms with E-state index >= 15 is 0 Å². The minimum absolute atomic E-state index is 0.0534. The van der Waals surface area contributed by atoms with Gasteiger partial charge < -0.3 is 30.1 Å². The van der Waals surface area contributed by atoms with Gasteiger partial charge in [0, 0.05) is 11.1 Å². The average molecular weight is 734 g/mol. The lowest BCUT2D eigenvalue weighted by Crippen LogP contribution is -2.71. The van der Waals surface area contributed by atoms with E-state index < -0.39 is 66.1 Å². The highest BCUT2D eigenvalue weighted by molar-refractivity contribution is 8.00. The molecule has 1 fully saturated rings. The fourth-order valence-electron chi connectivity index (χ4n) is 4.92. The van der Waals surface area contributed by atoms with Gasteiger partial charge in [0.2, 0.25) is 13.4 Å². The summed E-state index contributed by atoms with van der Waals surface area (Å²) in [4.78, 5) is 75.6. The molecule has 51 heavy (non-hydrogen) atoms. The molecule has 1 aromatic heterocycles. The van der Waals surface area contributed by atoms with Crippen molar-refractivity contribution in [3.63, 3.8) is 0 Å². The average Bonchev–Trinajstić information content (AvgIpc) is 3.56. The number of allylic oxidation sites excluding steroid dienone is 1. The first-order valence-electron chi connectivity index (χ1n) is 15.5. The number of ether oxygens (including phenoxy) is 3. The zero-order chi connectivity index (χ0) is 36.7. The Balaban J connectivity index is 1.25. The third-order valence-electron chi connectivity index (χ3n) is 7.49. The van der Waals surface area contributed by atoms with Gasteiger partial charge in [-0.3, -0.25) is 19.3 Å². The molecule has 1 saturated heterocycles. The molecule has 14 nitrogen and oxygen atoms in total. The number of benzene rings is 2. The first-order chi connectivity index (χ1) is 24.4. The van der Waals surface area contributed by atoms with E-state index in [1.54, 1.807) is 20.8 Å². The standard InChI is InChI=1S/C35H35N5O9S2/c1-5-20-17-50-31-26(30(43)40(31)27(20)32(44)46-19-47-33(45)35(2,3)4)38-29(42)25(23-18-51-34(36)37-23)39-48-16-24(41)49-28(21-12-8-6-9-13-21)22-14-10-7-11-15-22/h5-15,18,26,28,31H,1,16-17,19H2,2-4H3,(H2,36,37)(H,38,42)/b39-25-/t26?,31-/m1/s1. The van der Waals surface area contributed by atoms with Crippen LogP contribution >= 0.6 is 23.1 Å². The smallest absolute Gasteiger partial charge is 0.358 e. The van der Waals surface area contributed by atoms with Crippen LogP contribution in [0.15, 0.2) is 95.1 Å². The van der Waals surface area contributed by atoms with E-state index in [1.165, 1.54) is 28.1 Å². The number of thioether (sulfide) groups is 1. The van der Waals surface area contributed by atoms with Crippen molar-refractivity contribution < 1.29 is 43.0 Å². The quantitative estimate of drug-likeness (QED) is 0.0854. The van der Waals surface area contributed by atoms with Crippen LogP contribution in [0.2, 0.25) is 0 Å². The van der Waals surface area contributed by atoms with Gasteiger partial charge in [-0.1, -0.05) is 78.5 Å². The van der Waals surface area contributed by atoms with Gasteiger partial charge in [0.1, 0.15) is 22.8 Å². The number of thiazole rings is 1. The number of esters is 3. The highest BCUT2D eigenvalue weighted by atomic mass is 32.2. The molecule has 2 aromatic carbocycles. The van der Waals surface area contributed by atoms with Crippen LogP contribution in [0.1, 0.15) is 43.7 Å². The summed E-state index contributed by atoms with van der Waals surface area (Å²) in [5, 5.41) is 7.46. The Morgan fingerprint density at radius 3 is 2.29 bits per heavy atom. The number of amides is 2. The van der Waals surface area contributed by atoms with Crippen molar-refractivity contribution in [2.45, 2.75) is 38.3 Å². The van der Waals surface area contributed by atoms with E-state index in [0.717, 1.165) is 22.5 Å². The number of carbonyl (C=O) groups is 5. The van der Waals surface area contributed by atoms with E-state index in [9.17, 15) is 24.0 Å². The number of nitrogens with two attached hydrogens (primary N) is 1. The number of β-lactam (4-membered cyclic amide) rings is 1. The summed E-state index contributed by atoms with van der Waals surface area (Å²) < 4.78 is 15.9. The molecule has 1 unspecified atom stereocenters. The van der Waals surface area contributed by atoms with Crippen LogP contribution in [0.3, 0.4) is 0 Å². The zero-order valence-electron chi connectivity index (χ0n) is 27.9. The van der Waals surface area contributed by atoms with Crippen molar-refractivity contribution in [1.29, 1.82) is 0 Å². The monoisotopic (exact) mass is 733 g/mol. The minimum Gasteiger partial charge on any atom is -0.450 e. The molecule has 3 heterocycles. The Hall–Kier alpha value is -5.48. The number of anilines is 1. The van der Waals surface area contributed by atoms with Crippen LogP contribution in [-0.4, -0.2) is 75.9 Å². The van der Waals surface area contributed by atoms with Crippen molar-refractivity contribution >= 4 is 63.7 Å². The molecular weight excluding hydrogens is 699 g/mol. The summed E-state index contributed by atoms with van der Waals surface area (Å²) in [6.45, 7) is 7.39. The number of nitrogens with zero attached hydrogens (tertiary/aromatic N) is 3. The maximum Gasteiger partial charge on any atom is 0.358 e. The molecule has 0 spiro atoms. The van der Waals surface area contributed by atoms with Crippen LogP contribution in [0.5, 0.6) is 0 Å². The lowest BCUT2D eigenvalue weighted by molar-refractivity contribution is -0.173. The molecule has 0 aliphatic carbocycles. The molecule has 2 atom stereocenters. The Morgan fingerprint density at radius 1 is 1.08 bits per heavy atom. The maximum absolute atomic E-state index is 13.6. The third-order valence-corrected chi connectivity index (χ3v) is 9.46. The zero-order valence-corrected chi connectivity index (χ0v) is 29.5. The normalized spacial score (nSPS) is 17.2. The number of aromatic nitrogens is 1. The Labute approximate surface area is 301 Å². The molecule has 3 aromatic rings. The Morgan fingerprint density at radius 2 is 1.73 bits per heavy atom. The molecule has 16 heteroatoms. The van der Waals surface area contributed by atoms with Gasteiger partial charge in [-0.15, -0.1) is 23.1 Å². The molecule has 0 bridgehead atoms. The molecule has 5 rings (SSSR count). The number of hydrogen-bond acceptors (Lipinski definition) is 14. The number of rotatable bonds is 13. The van der Waals surface area contributed by atoms with Crippen molar-refractivity contribution in [2.24, 2.45) is 10.6 Å². The Bertz CT molecular complexity index is 1830. The highest BCUT2D eigenvalue weighted by Gasteiger charge is 2.54. The summed E-state index contributed by atoms with van der Waals surface area (Å²) in [7, 11) is 0. The number of oxime groups is 1. The third kappa shape index (κ3) is 8.64. The number of nitrogens with one attached hydrogen (secondary N) is 1. The minimum atomic E-state index is -1.07. The van der Waals surface area contributed by atoms with E-state index in [-0.39, 0.29) is 28.0 Å². The summed E-state index contributed by atoms with van der Waals surface area (Å²) in [6.07, 6.45) is 0.715. The number of carbonyl (C=O) groups excluding carboxylic acids is 5. The van der Waals surface area contributed by atoms with Gasteiger partial charge in [0.15, 0.2) is 16.9 Å². The lowest BCUT2D eigenvalue weighted by atomic mass is 9.98. The first kappa shape index (κ1) is 36.8. The summed E-state index contributed by atoms with van der Waals surface area (Å²) >= 11 is 2.34.